The number of H-pyrrole nitrogens is 1. The number of benzene rings is 1. The van der Waals surface area contributed by atoms with Gasteiger partial charge in [0, 0.05) is 17.1 Å². The number of hydrogen-bond acceptors (Lipinski definition) is 4. The van der Waals surface area contributed by atoms with E-state index in [0.29, 0.717) is 23.1 Å². The molecule has 7 heteroatoms. The van der Waals surface area contributed by atoms with Crippen molar-refractivity contribution in [1.29, 1.82) is 0 Å². The van der Waals surface area contributed by atoms with Crippen molar-refractivity contribution in [2.24, 2.45) is 0 Å². The summed E-state index contributed by atoms with van der Waals surface area (Å²) in [6.07, 6.45) is 2.93. The molecule has 2 heterocycles. The van der Waals surface area contributed by atoms with Gasteiger partial charge in [0.2, 0.25) is 0 Å². The van der Waals surface area contributed by atoms with Crippen molar-refractivity contribution in [1.82, 2.24) is 20.1 Å². The van der Waals surface area contributed by atoms with Crippen LogP contribution < -0.4 is 4.74 Å². The molecule has 1 fully saturated rings. The Balaban J connectivity index is 1.69. The summed E-state index contributed by atoms with van der Waals surface area (Å²) in [5, 5.41) is 7.71. The molecule has 0 aliphatic carbocycles. The molecule has 1 aromatic carbocycles. The molecule has 2 aromatic rings. The second kappa shape index (κ2) is 7.21. The van der Waals surface area contributed by atoms with Gasteiger partial charge in [0.25, 0.3) is 5.91 Å². The van der Waals surface area contributed by atoms with Crippen molar-refractivity contribution in [3.05, 3.63) is 40.4 Å². The number of likely N-dealkylation sites (tertiary alicyclic amines) is 1. The predicted octanol–water partition coefficient (Wildman–Crippen LogP) is 3.21. The molecule has 1 atom stereocenters. The second-order valence-corrected chi connectivity index (χ2v) is 6.44. The second-order valence-electron chi connectivity index (χ2n) is 6.03. The first-order valence-corrected chi connectivity index (χ1v) is 8.50. The summed E-state index contributed by atoms with van der Waals surface area (Å²) in [5.74, 6) is 2.02. The van der Waals surface area contributed by atoms with E-state index < -0.39 is 0 Å². The van der Waals surface area contributed by atoms with E-state index in [4.69, 9.17) is 16.3 Å². The first-order valence-electron chi connectivity index (χ1n) is 8.12. The minimum Gasteiger partial charge on any atom is -0.483 e. The Morgan fingerprint density at radius 3 is 3.00 bits per heavy atom. The van der Waals surface area contributed by atoms with Crippen molar-refractivity contribution in [2.75, 3.05) is 13.2 Å². The summed E-state index contributed by atoms with van der Waals surface area (Å²) in [4.78, 5) is 18.9. The van der Waals surface area contributed by atoms with Crippen LogP contribution in [0.5, 0.6) is 5.75 Å². The fraction of sp³-hybridized carbons (Fsp3) is 0.471. The van der Waals surface area contributed by atoms with Gasteiger partial charge in [0.1, 0.15) is 11.6 Å². The lowest BCUT2D eigenvalue weighted by Crippen LogP contribution is -2.41. The number of amides is 1. The fourth-order valence-corrected chi connectivity index (χ4v) is 3.14. The topological polar surface area (TPSA) is 71.1 Å². The molecule has 1 unspecified atom stereocenters. The van der Waals surface area contributed by atoms with Gasteiger partial charge in [-0.25, -0.2) is 4.98 Å². The lowest BCUT2D eigenvalue weighted by molar-refractivity contribution is -0.137. The van der Waals surface area contributed by atoms with Gasteiger partial charge in [-0.3, -0.25) is 9.89 Å². The number of piperidine rings is 1. The van der Waals surface area contributed by atoms with Crippen molar-refractivity contribution < 1.29 is 9.53 Å². The number of carbonyl (C=O) groups excluding carboxylic acids is 1. The largest absolute Gasteiger partial charge is 0.483 e. The number of halogens is 1. The van der Waals surface area contributed by atoms with Crippen LogP contribution in [-0.4, -0.2) is 39.1 Å². The average molecular weight is 349 g/mol. The number of aromatic nitrogens is 3. The molecule has 1 saturated heterocycles. The number of carbonyl (C=O) groups is 1. The average Bonchev–Trinajstić information content (AvgIpc) is 3.02. The zero-order valence-corrected chi connectivity index (χ0v) is 14.6. The van der Waals surface area contributed by atoms with E-state index in [0.717, 1.165) is 30.7 Å². The molecule has 0 radical (unpaired) electrons. The van der Waals surface area contributed by atoms with Gasteiger partial charge in [-0.1, -0.05) is 17.7 Å². The third-order valence-electron chi connectivity index (χ3n) is 4.30. The summed E-state index contributed by atoms with van der Waals surface area (Å²) in [7, 11) is 0. The Hall–Kier alpha value is -2.08. The molecule has 128 valence electrons. The molecule has 24 heavy (non-hydrogen) atoms. The SMILES string of the molecule is Cc1nc(C2CCCCN2C(=O)COc2cccc(Cl)c2C)n[nH]1. The Morgan fingerprint density at radius 1 is 1.42 bits per heavy atom. The predicted molar refractivity (Wildman–Crippen MR) is 91.1 cm³/mol. The summed E-state index contributed by atoms with van der Waals surface area (Å²) in [6.45, 7) is 4.43. The van der Waals surface area contributed by atoms with Crippen LogP contribution in [0.25, 0.3) is 0 Å². The fourth-order valence-electron chi connectivity index (χ4n) is 2.97. The maximum Gasteiger partial charge on any atom is 0.261 e. The molecular formula is C17H21ClN4O2. The molecule has 1 amide bonds. The maximum absolute atomic E-state index is 12.7. The van der Waals surface area contributed by atoms with E-state index in [9.17, 15) is 4.79 Å². The van der Waals surface area contributed by atoms with Gasteiger partial charge >= 0.3 is 0 Å². The van der Waals surface area contributed by atoms with Crippen LogP contribution in [0.2, 0.25) is 5.02 Å². The third kappa shape index (κ3) is 3.53. The summed E-state index contributed by atoms with van der Waals surface area (Å²) in [6, 6.07) is 5.36. The quantitative estimate of drug-likeness (QED) is 0.921. The Labute approximate surface area is 146 Å². The summed E-state index contributed by atoms with van der Waals surface area (Å²) < 4.78 is 5.70. The van der Waals surface area contributed by atoms with Gasteiger partial charge in [0.15, 0.2) is 12.4 Å². The molecule has 0 saturated carbocycles. The first-order chi connectivity index (χ1) is 11.6. The lowest BCUT2D eigenvalue weighted by Gasteiger charge is -2.34. The third-order valence-corrected chi connectivity index (χ3v) is 4.71. The molecule has 0 spiro atoms. The van der Waals surface area contributed by atoms with Gasteiger partial charge in [0.05, 0.1) is 6.04 Å². The number of rotatable bonds is 4. The smallest absolute Gasteiger partial charge is 0.261 e. The minimum absolute atomic E-state index is 0.0128. The van der Waals surface area contributed by atoms with E-state index in [1.807, 2.05) is 30.9 Å². The van der Waals surface area contributed by atoms with E-state index in [2.05, 4.69) is 15.2 Å². The van der Waals surface area contributed by atoms with Gasteiger partial charge in [-0.2, -0.15) is 5.10 Å². The van der Waals surface area contributed by atoms with E-state index in [1.54, 1.807) is 6.07 Å². The number of aromatic amines is 1. The molecular weight excluding hydrogens is 328 g/mol. The Bertz CT molecular complexity index is 731. The Morgan fingerprint density at radius 2 is 2.25 bits per heavy atom. The highest BCUT2D eigenvalue weighted by Crippen LogP contribution is 2.29. The zero-order chi connectivity index (χ0) is 17.1. The summed E-state index contributed by atoms with van der Waals surface area (Å²) >= 11 is 6.09. The highest BCUT2D eigenvalue weighted by atomic mass is 35.5. The molecule has 0 bridgehead atoms. The number of nitrogens with one attached hydrogen (secondary N) is 1. The van der Waals surface area contributed by atoms with Crippen molar-refractivity contribution in [3.8, 4) is 5.75 Å². The standard InChI is InChI=1S/C17H21ClN4O2/c1-11-13(18)6-5-8-15(11)24-10-16(23)22-9-4-3-7-14(22)17-19-12(2)20-21-17/h5-6,8,14H,3-4,7,9-10H2,1-2H3,(H,19,20,21). The van der Waals surface area contributed by atoms with E-state index in [1.165, 1.54) is 0 Å². The molecule has 3 rings (SSSR count). The van der Waals surface area contributed by atoms with Crippen LogP contribution in [0.3, 0.4) is 0 Å². The van der Waals surface area contributed by atoms with Gasteiger partial charge in [-0.15, -0.1) is 0 Å². The maximum atomic E-state index is 12.7. The van der Waals surface area contributed by atoms with Gasteiger partial charge < -0.3 is 9.64 Å². The first kappa shape index (κ1) is 16.8. The monoisotopic (exact) mass is 348 g/mol. The van der Waals surface area contributed by atoms with Crippen molar-refractivity contribution in [2.45, 2.75) is 39.2 Å². The van der Waals surface area contributed by atoms with E-state index >= 15 is 0 Å². The molecule has 1 aromatic heterocycles. The normalized spacial score (nSPS) is 17.8. The molecule has 1 aliphatic heterocycles. The summed E-state index contributed by atoms with van der Waals surface area (Å²) in [5.41, 5.74) is 0.840. The number of hydrogen-bond donors (Lipinski definition) is 1. The van der Waals surface area contributed by atoms with Crippen molar-refractivity contribution >= 4 is 17.5 Å². The van der Waals surface area contributed by atoms with Crippen LogP contribution in [0, 0.1) is 13.8 Å². The number of ether oxygens (including phenoxy) is 1. The zero-order valence-electron chi connectivity index (χ0n) is 13.9. The van der Waals surface area contributed by atoms with Crippen molar-refractivity contribution in [3.63, 3.8) is 0 Å². The van der Waals surface area contributed by atoms with Crippen LogP contribution in [0.4, 0.5) is 0 Å². The van der Waals surface area contributed by atoms with Crippen LogP contribution >= 0.6 is 11.6 Å². The van der Waals surface area contributed by atoms with Crippen LogP contribution in [0.15, 0.2) is 18.2 Å². The molecule has 1 aliphatic rings. The van der Waals surface area contributed by atoms with E-state index in [-0.39, 0.29) is 18.6 Å². The van der Waals surface area contributed by atoms with Crippen LogP contribution in [-0.2, 0) is 4.79 Å². The lowest BCUT2D eigenvalue weighted by atomic mass is 10.0. The highest BCUT2D eigenvalue weighted by molar-refractivity contribution is 6.31. The minimum atomic E-state index is -0.0831. The highest BCUT2D eigenvalue weighted by Gasteiger charge is 2.30. The Kier molecular flexibility index (Phi) is 5.04. The molecule has 1 N–H and O–H groups in total. The number of nitrogens with zero attached hydrogens (tertiary/aromatic N) is 3. The number of aryl methyl sites for hydroxylation is 1. The molecule has 6 nitrogen and oxygen atoms in total. The van der Waals surface area contributed by atoms with Gasteiger partial charge in [-0.05, 0) is 45.2 Å². The van der Waals surface area contributed by atoms with Crippen LogP contribution in [0.1, 0.15) is 42.5 Å².